The van der Waals surface area contributed by atoms with E-state index in [9.17, 15) is 13.2 Å². The van der Waals surface area contributed by atoms with Gasteiger partial charge in [-0.05, 0) is 43.9 Å². The molecule has 3 fully saturated rings. The summed E-state index contributed by atoms with van der Waals surface area (Å²) in [6, 6.07) is 0. The number of piperidine rings is 2. The number of carbonyl (C=O) groups excluding carboxylic acids is 1. The number of carbonyl (C=O) groups is 1. The van der Waals surface area contributed by atoms with Gasteiger partial charge in [-0.25, -0.2) is 0 Å². The van der Waals surface area contributed by atoms with Crippen LogP contribution >= 0.6 is 0 Å². The quantitative estimate of drug-likeness (QED) is 0.770. The van der Waals surface area contributed by atoms with Gasteiger partial charge in [0, 0.05) is 45.2 Å². The molecule has 3 aliphatic heterocycles. The molecule has 0 aromatic carbocycles. The van der Waals surface area contributed by atoms with Gasteiger partial charge in [0.25, 0.3) is 10.2 Å². The van der Waals surface area contributed by atoms with E-state index in [1.54, 1.807) is 8.61 Å². The molecular formula is C17H31N3O3S. The average molecular weight is 358 g/mol. The van der Waals surface area contributed by atoms with Gasteiger partial charge in [0.2, 0.25) is 5.91 Å². The minimum Gasteiger partial charge on any atom is -0.342 e. The van der Waals surface area contributed by atoms with Crippen molar-refractivity contribution in [1.82, 2.24) is 13.5 Å². The predicted molar refractivity (Wildman–Crippen MR) is 93.5 cm³/mol. The third-order valence-electron chi connectivity index (χ3n) is 5.70. The Hall–Kier alpha value is -0.660. The van der Waals surface area contributed by atoms with E-state index in [2.05, 4.69) is 13.8 Å². The maximum Gasteiger partial charge on any atom is 0.281 e. The second-order valence-electron chi connectivity index (χ2n) is 7.98. The Labute approximate surface area is 146 Å². The van der Waals surface area contributed by atoms with Crippen LogP contribution in [-0.2, 0) is 15.0 Å². The number of rotatable bonds is 3. The van der Waals surface area contributed by atoms with E-state index < -0.39 is 10.2 Å². The minimum absolute atomic E-state index is 0.00692. The second-order valence-corrected chi connectivity index (χ2v) is 9.90. The van der Waals surface area contributed by atoms with Crippen molar-refractivity contribution in [3.05, 3.63) is 0 Å². The molecule has 3 saturated heterocycles. The largest absolute Gasteiger partial charge is 0.342 e. The zero-order valence-electron chi connectivity index (χ0n) is 15.0. The smallest absolute Gasteiger partial charge is 0.281 e. The van der Waals surface area contributed by atoms with Gasteiger partial charge in [0.15, 0.2) is 0 Å². The Morgan fingerprint density at radius 2 is 1.38 bits per heavy atom. The van der Waals surface area contributed by atoms with Crippen LogP contribution in [0.15, 0.2) is 0 Å². The number of likely N-dealkylation sites (tertiary alicyclic amines) is 1. The molecule has 0 aromatic heterocycles. The maximum atomic E-state index is 12.8. The van der Waals surface area contributed by atoms with Crippen molar-refractivity contribution in [2.24, 2.45) is 17.8 Å². The number of hydrogen-bond acceptors (Lipinski definition) is 3. The van der Waals surface area contributed by atoms with Crippen molar-refractivity contribution in [2.75, 3.05) is 39.3 Å². The molecule has 0 spiro atoms. The van der Waals surface area contributed by atoms with E-state index in [0.29, 0.717) is 50.9 Å². The van der Waals surface area contributed by atoms with E-state index >= 15 is 0 Å². The highest BCUT2D eigenvalue weighted by Crippen LogP contribution is 2.28. The van der Waals surface area contributed by atoms with Crippen LogP contribution in [0.5, 0.6) is 0 Å². The Balaban J connectivity index is 1.55. The minimum atomic E-state index is -3.31. The summed E-state index contributed by atoms with van der Waals surface area (Å²) >= 11 is 0. The van der Waals surface area contributed by atoms with Crippen LogP contribution in [0.25, 0.3) is 0 Å². The molecule has 0 saturated carbocycles. The van der Waals surface area contributed by atoms with E-state index in [1.807, 2.05) is 4.90 Å². The van der Waals surface area contributed by atoms with Gasteiger partial charge in [-0.1, -0.05) is 13.8 Å². The molecule has 1 amide bonds. The molecule has 0 radical (unpaired) electrons. The first-order valence-corrected chi connectivity index (χ1v) is 10.8. The lowest BCUT2D eigenvalue weighted by molar-refractivity contribution is -0.139. The number of hydrogen-bond donors (Lipinski definition) is 0. The van der Waals surface area contributed by atoms with Gasteiger partial charge < -0.3 is 4.90 Å². The average Bonchev–Trinajstić information content (AvgIpc) is 3.08. The van der Waals surface area contributed by atoms with Crippen LogP contribution < -0.4 is 0 Å². The van der Waals surface area contributed by atoms with Crippen molar-refractivity contribution < 1.29 is 13.2 Å². The van der Waals surface area contributed by atoms with Crippen molar-refractivity contribution >= 4 is 16.1 Å². The molecule has 138 valence electrons. The summed E-state index contributed by atoms with van der Waals surface area (Å²) in [5.74, 6) is 1.36. The molecule has 0 aromatic rings. The van der Waals surface area contributed by atoms with Gasteiger partial charge in [-0.3, -0.25) is 4.79 Å². The van der Waals surface area contributed by atoms with Crippen molar-refractivity contribution in [2.45, 2.75) is 46.0 Å². The van der Waals surface area contributed by atoms with Crippen molar-refractivity contribution in [3.63, 3.8) is 0 Å². The Morgan fingerprint density at radius 1 is 0.875 bits per heavy atom. The van der Waals surface area contributed by atoms with Gasteiger partial charge in [-0.2, -0.15) is 17.0 Å². The third-order valence-corrected chi connectivity index (χ3v) is 7.74. The third kappa shape index (κ3) is 3.78. The Kier molecular flexibility index (Phi) is 5.52. The van der Waals surface area contributed by atoms with Crippen LogP contribution in [0, 0.1) is 17.8 Å². The summed E-state index contributed by atoms with van der Waals surface area (Å²) in [6.45, 7) is 8.38. The topological polar surface area (TPSA) is 60.9 Å². The lowest BCUT2D eigenvalue weighted by Crippen LogP contribution is -2.50. The van der Waals surface area contributed by atoms with Gasteiger partial charge >= 0.3 is 0 Å². The molecule has 24 heavy (non-hydrogen) atoms. The zero-order chi connectivity index (χ0) is 17.3. The van der Waals surface area contributed by atoms with E-state index in [-0.39, 0.29) is 11.8 Å². The summed E-state index contributed by atoms with van der Waals surface area (Å²) in [7, 11) is -3.31. The summed E-state index contributed by atoms with van der Waals surface area (Å²) in [4.78, 5) is 14.8. The lowest BCUT2D eigenvalue weighted by Gasteiger charge is -2.39. The first-order valence-electron chi connectivity index (χ1n) is 9.42. The summed E-state index contributed by atoms with van der Waals surface area (Å²) in [5, 5.41) is 0. The summed E-state index contributed by atoms with van der Waals surface area (Å²) in [6.07, 6.45) is 4.42. The SMILES string of the molecule is CC1CC(C)CN(C(=O)C2CCN(S(=O)(=O)N3CCCC3)CC2)C1. The molecule has 0 aliphatic carbocycles. The molecule has 0 N–H and O–H groups in total. The zero-order valence-corrected chi connectivity index (χ0v) is 15.8. The standard InChI is InChI=1S/C17H31N3O3S/c1-14-11-15(2)13-18(12-14)17(21)16-5-9-20(10-6-16)24(22,23)19-7-3-4-8-19/h14-16H,3-13H2,1-2H3. The number of amides is 1. The second kappa shape index (κ2) is 7.30. The van der Waals surface area contributed by atoms with Crippen LogP contribution in [0.1, 0.15) is 46.0 Å². The van der Waals surface area contributed by atoms with E-state index in [0.717, 1.165) is 25.9 Å². The molecule has 6 nitrogen and oxygen atoms in total. The highest BCUT2D eigenvalue weighted by atomic mass is 32.2. The molecule has 0 bridgehead atoms. The molecular weight excluding hydrogens is 326 g/mol. The van der Waals surface area contributed by atoms with Gasteiger partial charge in [0.05, 0.1) is 0 Å². The van der Waals surface area contributed by atoms with E-state index in [4.69, 9.17) is 0 Å². The normalized spacial score (nSPS) is 31.5. The van der Waals surface area contributed by atoms with Crippen LogP contribution in [-0.4, -0.2) is 67.1 Å². The molecule has 7 heteroatoms. The van der Waals surface area contributed by atoms with Crippen molar-refractivity contribution in [3.8, 4) is 0 Å². The number of nitrogens with zero attached hydrogens (tertiary/aromatic N) is 3. The predicted octanol–water partition coefficient (Wildman–Crippen LogP) is 1.54. The van der Waals surface area contributed by atoms with Gasteiger partial charge in [-0.15, -0.1) is 0 Å². The molecule has 3 aliphatic rings. The highest BCUT2D eigenvalue weighted by molar-refractivity contribution is 7.86. The maximum absolute atomic E-state index is 12.8. The van der Waals surface area contributed by atoms with Crippen molar-refractivity contribution in [1.29, 1.82) is 0 Å². The van der Waals surface area contributed by atoms with Gasteiger partial charge in [0.1, 0.15) is 0 Å². The van der Waals surface area contributed by atoms with Crippen LogP contribution in [0.3, 0.4) is 0 Å². The first kappa shape index (κ1) is 18.1. The monoisotopic (exact) mass is 357 g/mol. The Morgan fingerprint density at radius 3 is 1.92 bits per heavy atom. The molecule has 3 rings (SSSR count). The van der Waals surface area contributed by atoms with E-state index in [1.165, 1.54) is 6.42 Å². The fourth-order valence-corrected chi connectivity index (χ4v) is 6.24. The highest BCUT2D eigenvalue weighted by Gasteiger charge is 2.37. The first-order chi connectivity index (χ1) is 11.4. The van der Waals surface area contributed by atoms with Crippen LogP contribution in [0.4, 0.5) is 0 Å². The fourth-order valence-electron chi connectivity index (χ4n) is 4.52. The molecule has 3 heterocycles. The summed E-state index contributed by atoms with van der Waals surface area (Å²) < 4.78 is 28.4. The fraction of sp³-hybridized carbons (Fsp3) is 0.941. The Bertz CT molecular complexity index is 541. The lowest BCUT2D eigenvalue weighted by atomic mass is 9.89. The molecule has 2 unspecified atom stereocenters. The summed E-state index contributed by atoms with van der Waals surface area (Å²) in [5.41, 5.74) is 0. The van der Waals surface area contributed by atoms with Crippen LogP contribution in [0.2, 0.25) is 0 Å². The molecule has 2 atom stereocenters.